The van der Waals surface area contributed by atoms with Crippen molar-refractivity contribution in [3.05, 3.63) is 48.3 Å². The lowest BCUT2D eigenvalue weighted by Crippen LogP contribution is -2.32. The van der Waals surface area contributed by atoms with Gasteiger partial charge in [0, 0.05) is 37.3 Å². The SMILES string of the molecule is CC(C)n1cc(S(=O)(=O)N2C[C@@H](N)[C@H](c3ccccc3)C2)cn1. The highest BCUT2D eigenvalue weighted by Crippen LogP contribution is 2.30. The molecule has 0 spiro atoms. The summed E-state index contributed by atoms with van der Waals surface area (Å²) < 4.78 is 28.7. The second-order valence-electron chi connectivity index (χ2n) is 6.25. The Morgan fingerprint density at radius 1 is 1.22 bits per heavy atom. The first-order valence-electron chi connectivity index (χ1n) is 7.74. The van der Waals surface area contributed by atoms with Crippen molar-refractivity contribution < 1.29 is 8.42 Å². The summed E-state index contributed by atoms with van der Waals surface area (Å²) in [5.41, 5.74) is 7.28. The Morgan fingerprint density at radius 3 is 2.52 bits per heavy atom. The largest absolute Gasteiger partial charge is 0.326 e. The minimum Gasteiger partial charge on any atom is -0.326 e. The van der Waals surface area contributed by atoms with Crippen LogP contribution in [-0.4, -0.2) is 41.6 Å². The van der Waals surface area contributed by atoms with E-state index in [1.807, 2.05) is 44.2 Å². The summed E-state index contributed by atoms with van der Waals surface area (Å²) in [7, 11) is -3.56. The fourth-order valence-corrected chi connectivity index (χ4v) is 4.37. The van der Waals surface area contributed by atoms with Crippen molar-refractivity contribution in [3.63, 3.8) is 0 Å². The molecule has 2 N–H and O–H groups in total. The molecule has 6 nitrogen and oxygen atoms in total. The van der Waals surface area contributed by atoms with Crippen molar-refractivity contribution >= 4 is 10.0 Å². The molecule has 1 aliphatic heterocycles. The molecule has 2 atom stereocenters. The van der Waals surface area contributed by atoms with Gasteiger partial charge in [0.15, 0.2) is 0 Å². The minimum atomic E-state index is -3.56. The van der Waals surface area contributed by atoms with E-state index in [0.717, 1.165) is 5.56 Å². The molecule has 1 fully saturated rings. The summed E-state index contributed by atoms with van der Waals surface area (Å²) in [5.74, 6) is 0.0196. The average Bonchev–Trinajstić information content (AvgIpc) is 3.15. The molecule has 0 unspecified atom stereocenters. The van der Waals surface area contributed by atoms with E-state index in [1.54, 1.807) is 10.9 Å². The standard InChI is InChI=1S/C16H22N4O2S/c1-12(2)20-9-14(8-18-20)23(21,22)19-10-15(16(17)11-19)13-6-4-3-5-7-13/h3-9,12,15-16H,10-11,17H2,1-2H3/t15-,16+/m0/s1. The van der Waals surface area contributed by atoms with Gasteiger partial charge in [-0.2, -0.15) is 9.40 Å². The molecule has 0 amide bonds. The van der Waals surface area contributed by atoms with Crippen LogP contribution in [-0.2, 0) is 10.0 Å². The van der Waals surface area contributed by atoms with Crippen LogP contribution in [0.3, 0.4) is 0 Å². The summed E-state index contributed by atoms with van der Waals surface area (Å²) in [6, 6.07) is 9.76. The number of aromatic nitrogens is 2. The third-order valence-electron chi connectivity index (χ3n) is 4.30. The smallest absolute Gasteiger partial charge is 0.246 e. The van der Waals surface area contributed by atoms with E-state index in [2.05, 4.69) is 5.10 Å². The lowest BCUT2D eigenvalue weighted by Gasteiger charge is -2.15. The summed E-state index contributed by atoms with van der Waals surface area (Å²) in [6.07, 6.45) is 3.00. The third kappa shape index (κ3) is 3.04. The zero-order chi connectivity index (χ0) is 16.6. The first-order valence-corrected chi connectivity index (χ1v) is 9.18. The molecule has 7 heteroatoms. The van der Waals surface area contributed by atoms with Crippen LogP contribution >= 0.6 is 0 Å². The van der Waals surface area contributed by atoms with E-state index < -0.39 is 10.0 Å². The van der Waals surface area contributed by atoms with Gasteiger partial charge in [-0.3, -0.25) is 4.68 Å². The van der Waals surface area contributed by atoms with E-state index in [-0.39, 0.29) is 22.9 Å². The molecule has 124 valence electrons. The number of rotatable bonds is 4. The van der Waals surface area contributed by atoms with Crippen molar-refractivity contribution in [2.75, 3.05) is 13.1 Å². The second kappa shape index (κ2) is 6.07. The van der Waals surface area contributed by atoms with E-state index in [1.165, 1.54) is 10.5 Å². The minimum absolute atomic E-state index is 0.0196. The van der Waals surface area contributed by atoms with Crippen LogP contribution in [0.2, 0.25) is 0 Å². The summed E-state index contributed by atoms with van der Waals surface area (Å²) >= 11 is 0. The fraction of sp³-hybridized carbons (Fsp3) is 0.438. The van der Waals surface area contributed by atoms with Crippen LogP contribution in [0.5, 0.6) is 0 Å². The zero-order valence-corrected chi connectivity index (χ0v) is 14.1. The predicted octanol–water partition coefficient (Wildman–Crippen LogP) is 1.58. The zero-order valence-electron chi connectivity index (χ0n) is 13.3. The molecule has 0 radical (unpaired) electrons. The van der Waals surface area contributed by atoms with Crippen LogP contribution in [0.1, 0.15) is 31.4 Å². The number of benzene rings is 1. The Balaban J connectivity index is 1.84. The fourth-order valence-electron chi connectivity index (χ4n) is 2.93. The number of hydrogen-bond acceptors (Lipinski definition) is 4. The molecule has 1 aliphatic rings. The summed E-state index contributed by atoms with van der Waals surface area (Å²) in [6.45, 7) is 4.65. The maximum atomic E-state index is 12.8. The predicted molar refractivity (Wildman–Crippen MR) is 88.5 cm³/mol. The van der Waals surface area contributed by atoms with Crippen LogP contribution < -0.4 is 5.73 Å². The van der Waals surface area contributed by atoms with Gasteiger partial charge >= 0.3 is 0 Å². The Kier molecular flexibility index (Phi) is 4.27. The molecular formula is C16H22N4O2S. The van der Waals surface area contributed by atoms with Crippen molar-refractivity contribution in [1.29, 1.82) is 0 Å². The van der Waals surface area contributed by atoms with E-state index >= 15 is 0 Å². The maximum Gasteiger partial charge on any atom is 0.246 e. The molecule has 0 saturated carbocycles. The second-order valence-corrected chi connectivity index (χ2v) is 8.19. The monoisotopic (exact) mass is 334 g/mol. The Morgan fingerprint density at radius 2 is 1.91 bits per heavy atom. The number of hydrogen-bond donors (Lipinski definition) is 1. The topological polar surface area (TPSA) is 81.2 Å². The Bertz CT molecular complexity index is 770. The van der Waals surface area contributed by atoms with Gasteiger partial charge in [-0.1, -0.05) is 30.3 Å². The summed E-state index contributed by atoms with van der Waals surface area (Å²) in [4.78, 5) is 0.229. The van der Waals surface area contributed by atoms with Gasteiger partial charge in [-0.15, -0.1) is 0 Å². The molecule has 23 heavy (non-hydrogen) atoms. The van der Waals surface area contributed by atoms with Gasteiger partial charge in [0.05, 0.1) is 6.20 Å². The van der Waals surface area contributed by atoms with Crippen molar-refractivity contribution in [2.45, 2.75) is 36.7 Å². The van der Waals surface area contributed by atoms with Gasteiger partial charge in [0.25, 0.3) is 0 Å². The Labute approximate surface area is 137 Å². The van der Waals surface area contributed by atoms with Crippen LogP contribution in [0, 0.1) is 0 Å². The van der Waals surface area contributed by atoms with Crippen molar-refractivity contribution in [2.24, 2.45) is 5.73 Å². The Hall–Kier alpha value is -1.70. The molecule has 2 heterocycles. The highest BCUT2D eigenvalue weighted by atomic mass is 32.2. The van der Waals surface area contributed by atoms with Gasteiger partial charge in [0.1, 0.15) is 4.90 Å². The highest BCUT2D eigenvalue weighted by Gasteiger charge is 2.38. The van der Waals surface area contributed by atoms with Gasteiger partial charge in [-0.05, 0) is 19.4 Å². The quantitative estimate of drug-likeness (QED) is 0.920. The van der Waals surface area contributed by atoms with Crippen LogP contribution in [0.25, 0.3) is 0 Å². The summed E-state index contributed by atoms with van der Waals surface area (Å²) in [5, 5.41) is 4.13. The first-order chi connectivity index (χ1) is 10.9. The van der Waals surface area contributed by atoms with Crippen LogP contribution in [0.4, 0.5) is 0 Å². The molecular weight excluding hydrogens is 312 g/mol. The molecule has 3 rings (SSSR count). The molecule has 0 aliphatic carbocycles. The van der Waals surface area contributed by atoms with E-state index in [4.69, 9.17) is 5.73 Å². The third-order valence-corrected chi connectivity index (χ3v) is 6.09. The number of sulfonamides is 1. The number of nitrogens with two attached hydrogens (primary N) is 1. The van der Waals surface area contributed by atoms with Gasteiger partial charge in [0.2, 0.25) is 10.0 Å². The van der Waals surface area contributed by atoms with Crippen molar-refractivity contribution in [3.8, 4) is 0 Å². The molecule has 1 aromatic heterocycles. The molecule has 1 aromatic carbocycles. The van der Waals surface area contributed by atoms with E-state index in [0.29, 0.717) is 13.1 Å². The normalized spacial score (nSPS) is 22.8. The maximum absolute atomic E-state index is 12.8. The first kappa shape index (κ1) is 16.2. The van der Waals surface area contributed by atoms with Crippen molar-refractivity contribution in [1.82, 2.24) is 14.1 Å². The molecule has 1 saturated heterocycles. The van der Waals surface area contributed by atoms with Gasteiger partial charge in [-0.25, -0.2) is 8.42 Å². The van der Waals surface area contributed by atoms with Gasteiger partial charge < -0.3 is 5.73 Å². The lowest BCUT2D eigenvalue weighted by atomic mass is 9.95. The lowest BCUT2D eigenvalue weighted by molar-refractivity contribution is 0.469. The van der Waals surface area contributed by atoms with E-state index in [9.17, 15) is 8.42 Å². The molecule has 2 aromatic rings. The van der Waals surface area contributed by atoms with Crippen LogP contribution in [0.15, 0.2) is 47.6 Å². The molecule has 0 bridgehead atoms. The highest BCUT2D eigenvalue weighted by molar-refractivity contribution is 7.89. The average molecular weight is 334 g/mol. The number of nitrogens with zero attached hydrogens (tertiary/aromatic N) is 3.